The first-order valence-corrected chi connectivity index (χ1v) is 7.60. The molecule has 19 heavy (non-hydrogen) atoms. The standard InChI is InChI=1S/C13H25N5S/c1-13(2,3)15-12-14-11(16-19-12)8-10-9-17(4)6-7-18(10)5/h10H,6-9H2,1-5H3,(H,14,15,16). The van der Waals surface area contributed by atoms with Gasteiger partial charge in [0.1, 0.15) is 5.82 Å². The van der Waals surface area contributed by atoms with Crippen LogP contribution in [0.4, 0.5) is 5.13 Å². The van der Waals surface area contributed by atoms with E-state index < -0.39 is 0 Å². The Bertz CT molecular complexity index is 411. The third-order valence-corrected chi connectivity index (χ3v) is 4.02. The van der Waals surface area contributed by atoms with Gasteiger partial charge in [0.2, 0.25) is 5.13 Å². The van der Waals surface area contributed by atoms with Gasteiger partial charge < -0.3 is 15.1 Å². The van der Waals surface area contributed by atoms with Crippen LogP contribution < -0.4 is 5.32 Å². The molecule has 2 rings (SSSR count). The summed E-state index contributed by atoms with van der Waals surface area (Å²) in [5.74, 6) is 0.962. The highest BCUT2D eigenvalue weighted by Gasteiger charge is 2.24. The van der Waals surface area contributed by atoms with Crippen LogP contribution in [-0.2, 0) is 6.42 Å². The molecule has 1 atom stereocenters. The van der Waals surface area contributed by atoms with E-state index in [2.05, 4.69) is 59.3 Å². The minimum absolute atomic E-state index is 0.0403. The molecule has 0 bridgehead atoms. The molecule has 1 N–H and O–H groups in total. The van der Waals surface area contributed by atoms with E-state index in [9.17, 15) is 0 Å². The fourth-order valence-electron chi connectivity index (χ4n) is 2.24. The van der Waals surface area contributed by atoms with E-state index in [4.69, 9.17) is 0 Å². The third-order valence-electron chi connectivity index (χ3n) is 3.35. The van der Waals surface area contributed by atoms with E-state index in [-0.39, 0.29) is 5.54 Å². The van der Waals surface area contributed by atoms with Crippen LogP contribution in [0.25, 0.3) is 0 Å². The summed E-state index contributed by atoms with van der Waals surface area (Å²) in [7, 11) is 4.37. The summed E-state index contributed by atoms with van der Waals surface area (Å²) in [5.41, 5.74) is 0.0403. The predicted octanol–water partition coefficient (Wildman–Crippen LogP) is 1.54. The van der Waals surface area contributed by atoms with E-state index >= 15 is 0 Å². The zero-order valence-electron chi connectivity index (χ0n) is 12.6. The van der Waals surface area contributed by atoms with Crippen LogP contribution in [0, 0.1) is 0 Å². The monoisotopic (exact) mass is 283 g/mol. The summed E-state index contributed by atoms with van der Waals surface area (Å²) < 4.78 is 4.48. The van der Waals surface area contributed by atoms with Gasteiger partial charge in [-0.1, -0.05) is 0 Å². The molecule has 108 valence electrons. The highest BCUT2D eigenvalue weighted by Crippen LogP contribution is 2.19. The Morgan fingerprint density at radius 1 is 1.32 bits per heavy atom. The van der Waals surface area contributed by atoms with Gasteiger partial charge in [0.25, 0.3) is 0 Å². The number of rotatable bonds is 3. The first-order valence-electron chi connectivity index (χ1n) is 6.83. The fourth-order valence-corrected chi connectivity index (χ4v) is 3.05. The number of hydrogen-bond acceptors (Lipinski definition) is 6. The second kappa shape index (κ2) is 5.73. The summed E-state index contributed by atoms with van der Waals surface area (Å²) in [6, 6.07) is 0.524. The van der Waals surface area contributed by atoms with Crippen molar-refractivity contribution in [3.05, 3.63) is 5.82 Å². The number of hydrogen-bond donors (Lipinski definition) is 1. The van der Waals surface area contributed by atoms with Gasteiger partial charge in [0.05, 0.1) is 0 Å². The molecule has 1 unspecified atom stereocenters. The Balaban J connectivity index is 1.95. The highest BCUT2D eigenvalue weighted by atomic mass is 32.1. The van der Waals surface area contributed by atoms with Gasteiger partial charge in [0, 0.05) is 49.2 Å². The summed E-state index contributed by atoms with van der Waals surface area (Å²) in [4.78, 5) is 9.40. The Morgan fingerprint density at radius 2 is 2.05 bits per heavy atom. The Hall–Kier alpha value is -0.720. The topological polar surface area (TPSA) is 44.3 Å². The van der Waals surface area contributed by atoms with Crippen LogP contribution in [0.2, 0.25) is 0 Å². The minimum Gasteiger partial charge on any atom is -0.356 e. The van der Waals surface area contributed by atoms with Crippen molar-refractivity contribution in [3.8, 4) is 0 Å². The van der Waals surface area contributed by atoms with Crippen LogP contribution >= 0.6 is 11.5 Å². The number of piperazine rings is 1. The van der Waals surface area contributed by atoms with Gasteiger partial charge in [-0.25, -0.2) is 4.98 Å². The Labute approximate surface area is 120 Å². The van der Waals surface area contributed by atoms with Crippen molar-refractivity contribution in [2.45, 2.75) is 38.8 Å². The lowest BCUT2D eigenvalue weighted by Crippen LogP contribution is -2.50. The summed E-state index contributed by atoms with van der Waals surface area (Å²) in [6.45, 7) is 9.78. The average molecular weight is 283 g/mol. The molecule has 5 nitrogen and oxygen atoms in total. The molecule has 1 saturated heterocycles. The smallest absolute Gasteiger partial charge is 0.202 e. The lowest BCUT2D eigenvalue weighted by atomic mass is 10.1. The van der Waals surface area contributed by atoms with Crippen molar-refractivity contribution in [3.63, 3.8) is 0 Å². The summed E-state index contributed by atoms with van der Waals surface area (Å²) in [6.07, 6.45) is 0.934. The first-order chi connectivity index (χ1) is 8.83. The van der Waals surface area contributed by atoms with Crippen molar-refractivity contribution < 1.29 is 0 Å². The van der Waals surface area contributed by atoms with Crippen molar-refractivity contribution in [1.29, 1.82) is 0 Å². The second-order valence-corrected chi connectivity index (χ2v) is 7.24. The number of likely N-dealkylation sites (N-methyl/N-ethyl adjacent to an activating group) is 2. The molecule has 6 heteroatoms. The van der Waals surface area contributed by atoms with Crippen molar-refractivity contribution >= 4 is 16.7 Å². The lowest BCUT2D eigenvalue weighted by Gasteiger charge is -2.37. The lowest BCUT2D eigenvalue weighted by molar-refractivity contribution is 0.113. The van der Waals surface area contributed by atoms with E-state index in [0.717, 1.165) is 37.0 Å². The predicted molar refractivity (Wildman–Crippen MR) is 80.9 cm³/mol. The molecule has 1 fully saturated rings. The molecule has 0 amide bonds. The molecule has 2 heterocycles. The molecule has 1 aliphatic rings. The molecule has 0 saturated carbocycles. The van der Waals surface area contributed by atoms with Gasteiger partial charge in [-0.3, -0.25) is 0 Å². The molecular weight excluding hydrogens is 258 g/mol. The SMILES string of the molecule is CN1CCN(C)C(Cc2nsc(NC(C)(C)C)n2)C1. The molecular formula is C13H25N5S. The van der Waals surface area contributed by atoms with Gasteiger partial charge in [-0.2, -0.15) is 4.37 Å². The number of aromatic nitrogens is 2. The van der Waals surface area contributed by atoms with Crippen molar-refractivity contribution in [2.75, 3.05) is 39.0 Å². The van der Waals surface area contributed by atoms with Crippen LogP contribution in [0.15, 0.2) is 0 Å². The van der Waals surface area contributed by atoms with E-state index in [0.29, 0.717) is 6.04 Å². The van der Waals surface area contributed by atoms with Crippen molar-refractivity contribution in [1.82, 2.24) is 19.2 Å². The Morgan fingerprint density at radius 3 is 2.74 bits per heavy atom. The molecule has 1 aliphatic heterocycles. The zero-order valence-corrected chi connectivity index (χ0v) is 13.4. The van der Waals surface area contributed by atoms with E-state index in [1.54, 1.807) is 0 Å². The maximum Gasteiger partial charge on any atom is 0.202 e. The fraction of sp³-hybridized carbons (Fsp3) is 0.846. The number of nitrogens with one attached hydrogen (secondary N) is 1. The third kappa shape index (κ3) is 4.40. The van der Waals surface area contributed by atoms with Gasteiger partial charge in [-0.05, 0) is 34.9 Å². The minimum atomic E-state index is 0.0403. The number of nitrogens with zero attached hydrogens (tertiary/aromatic N) is 4. The van der Waals surface area contributed by atoms with E-state index in [1.165, 1.54) is 11.5 Å². The molecule has 0 aliphatic carbocycles. The van der Waals surface area contributed by atoms with Gasteiger partial charge in [0.15, 0.2) is 0 Å². The van der Waals surface area contributed by atoms with Crippen LogP contribution in [0.3, 0.4) is 0 Å². The van der Waals surface area contributed by atoms with Crippen LogP contribution in [-0.4, -0.2) is 64.5 Å². The average Bonchev–Trinajstić information content (AvgIpc) is 2.68. The maximum absolute atomic E-state index is 4.60. The zero-order chi connectivity index (χ0) is 14.0. The molecule has 1 aromatic heterocycles. The quantitative estimate of drug-likeness (QED) is 0.911. The maximum atomic E-state index is 4.60. The first kappa shape index (κ1) is 14.7. The Kier molecular flexibility index (Phi) is 4.43. The van der Waals surface area contributed by atoms with Crippen LogP contribution in [0.1, 0.15) is 26.6 Å². The van der Waals surface area contributed by atoms with E-state index in [1.807, 2.05) is 0 Å². The molecule has 0 spiro atoms. The van der Waals surface area contributed by atoms with Gasteiger partial charge in [-0.15, -0.1) is 0 Å². The molecule has 0 aromatic carbocycles. The van der Waals surface area contributed by atoms with Gasteiger partial charge >= 0.3 is 0 Å². The van der Waals surface area contributed by atoms with Crippen molar-refractivity contribution in [2.24, 2.45) is 0 Å². The highest BCUT2D eigenvalue weighted by molar-refractivity contribution is 7.09. The summed E-state index contributed by atoms with van der Waals surface area (Å²) in [5, 5.41) is 4.30. The summed E-state index contributed by atoms with van der Waals surface area (Å²) >= 11 is 1.46. The molecule has 1 aromatic rings. The van der Waals surface area contributed by atoms with Crippen LogP contribution in [0.5, 0.6) is 0 Å². The number of anilines is 1. The second-order valence-electron chi connectivity index (χ2n) is 6.49. The molecule has 0 radical (unpaired) electrons. The normalized spacial score (nSPS) is 22.7. The largest absolute Gasteiger partial charge is 0.356 e.